The zero-order valence-electron chi connectivity index (χ0n) is 9.31. The van der Waals surface area contributed by atoms with Crippen LogP contribution in [0.25, 0.3) is 0 Å². The van der Waals surface area contributed by atoms with E-state index in [-0.39, 0.29) is 11.8 Å². The Kier molecular flexibility index (Phi) is 3.72. The highest BCUT2D eigenvalue weighted by molar-refractivity contribution is 5.90. The molecule has 1 aliphatic rings. The molecule has 1 fully saturated rings. The second-order valence-corrected chi connectivity index (χ2v) is 3.90. The lowest BCUT2D eigenvalue weighted by molar-refractivity contribution is -0.137. The standard InChI is InChI=1S/C12H14N2O3/c15-11-7-6-10(13-11)12(16)14-17-8-9-4-2-1-3-5-9/h1-5,10H,6-8H2,(H,13,15)(H,14,16). The van der Waals surface area contributed by atoms with Crippen molar-refractivity contribution in [2.24, 2.45) is 0 Å². The lowest BCUT2D eigenvalue weighted by Crippen LogP contribution is -2.41. The predicted molar refractivity (Wildman–Crippen MR) is 60.5 cm³/mol. The third kappa shape index (κ3) is 3.29. The molecule has 0 radical (unpaired) electrons. The Labute approximate surface area is 99.1 Å². The van der Waals surface area contributed by atoms with Crippen LogP contribution in [0.2, 0.25) is 0 Å². The van der Waals surface area contributed by atoms with Crippen LogP contribution in [0, 0.1) is 0 Å². The average Bonchev–Trinajstić information content (AvgIpc) is 2.77. The molecule has 17 heavy (non-hydrogen) atoms. The summed E-state index contributed by atoms with van der Waals surface area (Å²) in [6.07, 6.45) is 0.927. The van der Waals surface area contributed by atoms with Crippen LogP contribution in [0.1, 0.15) is 18.4 Å². The van der Waals surface area contributed by atoms with Crippen LogP contribution in [0.3, 0.4) is 0 Å². The lowest BCUT2D eigenvalue weighted by Gasteiger charge is -2.10. The summed E-state index contributed by atoms with van der Waals surface area (Å²) in [6.45, 7) is 0.313. The van der Waals surface area contributed by atoms with Crippen molar-refractivity contribution < 1.29 is 14.4 Å². The molecule has 0 saturated carbocycles. The molecule has 2 rings (SSSR count). The molecule has 5 nitrogen and oxygen atoms in total. The number of nitrogens with one attached hydrogen (secondary N) is 2. The van der Waals surface area contributed by atoms with Gasteiger partial charge in [0.1, 0.15) is 6.04 Å². The number of hydroxylamine groups is 1. The van der Waals surface area contributed by atoms with E-state index in [9.17, 15) is 9.59 Å². The van der Waals surface area contributed by atoms with E-state index in [2.05, 4.69) is 10.8 Å². The Morgan fingerprint density at radius 1 is 1.41 bits per heavy atom. The number of hydrogen-bond acceptors (Lipinski definition) is 3. The fourth-order valence-corrected chi connectivity index (χ4v) is 1.65. The van der Waals surface area contributed by atoms with E-state index in [1.807, 2.05) is 30.3 Å². The summed E-state index contributed by atoms with van der Waals surface area (Å²) in [7, 11) is 0. The van der Waals surface area contributed by atoms with Gasteiger partial charge in [0.15, 0.2) is 0 Å². The van der Waals surface area contributed by atoms with Gasteiger partial charge in [-0.3, -0.25) is 14.4 Å². The van der Waals surface area contributed by atoms with Crippen LogP contribution in [0.4, 0.5) is 0 Å². The summed E-state index contributed by atoms with van der Waals surface area (Å²) >= 11 is 0. The van der Waals surface area contributed by atoms with Crippen molar-refractivity contribution in [3.05, 3.63) is 35.9 Å². The van der Waals surface area contributed by atoms with Crippen molar-refractivity contribution in [3.63, 3.8) is 0 Å². The van der Waals surface area contributed by atoms with E-state index in [0.717, 1.165) is 5.56 Å². The van der Waals surface area contributed by atoms with Crippen LogP contribution in [0.5, 0.6) is 0 Å². The van der Waals surface area contributed by atoms with Crippen LogP contribution in [-0.4, -0.2) is 17.9 Å². The maximum absolute atomic E-state index is 11.5. The largest absolute Gasteiger partial charge is 0.344 e. The predicted octanol–water partition coefficient (Wildman–Crippen LogP) is 0.513. The zero-order valence-corrected chi connectivity index (χ0v) is 9.31. The maximum atomic E-state index is 11.5. The van der Waals surface area contributed by atoms with E-state index in [0.29, 0.717) is 19.4 Å². The molecular weight excluding hydrogens is 220 g/mol. The van der Waals surface area contributed by atoms with Gasteiger partial charge in [0.2, 0.25) is 5.91 Å². The number of benzene rings is 1. The van der Waals surface area contributed by atoms with E-state index >= 15 is 0 Å². The summed E-state index contributed by atoms with van der Waals surface area (Å²) in [5.41, 5.74) is 3.32. The molecule has 1 saturated heterocycles. The molecular formula is C12H14N2O3. The number of amides is 2. The van der Waals surface area contributed by atoms with Crippen molar-refractivity contribution in [1.82, 2.24) is 10.8 Å². The molecule has 2 N–H and O–H groups in total. The minimum Gasteiger partial charge on any atom is -0.344 e. The SMILES string of the molecule is O=C1CCC(C(=O)NOCc2ccccc2)N1. The second-order valence-electron chi connectivity index (χ2n) is 3.90. The highest BCUT2D eigenvalue weighted by atomic mass is 16.6. The monoisotopic (exact) mass is 234 g/mol. The molecule has 1 aromatic carbocycles. The van der Waals surface area contributed by atoms with Crippen molar-refractivity contribution in [2.75, 3.05) is 0 Å². The lowest BCUT2D eigenvalue weighted by atomic mass is 10.2. The highest BCUT2D eigenvalue weighted by Crippen LogP contribution is 2.06. The van der Waals surface area contributed by atoms with Gasteiger partial charge in [-0.15, -0.1) is 0 Å². The van der Waals surface area contributed by atoms with Gasteiger partial charge in [0, 0.05) is 6.42 Å². The van der Waals surface area contributed by atoms with Gasteiger partial charge >= 0.3 is 0 Å². The third-order valence-electron chi connectivity index (χ3n) is 2.57. The first-order valence-corrected chi connectivity index (χ1v) is 5.50. The van der Waals surface area contributed by atoms with Gasteiger partial charge in [-0.25, -0.2) is 5.48 Å². The van der Waals surface area contributed by atoms with Gasteiger partial charge in [0.25, 0.3) is 5.91 Å². The van der Waals surface area contributed by atoms with E-state index in [1.165, 1.54) is 0 Å². The Hall–Kier alpha value is -1.88. The molecule has 1 heterocycles. The van der Waals surface area contributed by atoms with Crippen molar-refractivity contribution in [2.45, 2.75) is 25.5 Å². The summed E-state index contributed by atoms with van der Waals surface area (Å²) in [5.74, 6) is -0.389. The van der Waals surface area contributed by atoms with E-state index < -0.39 is 6.04 Å². The average molecular weight is 234 g/mol. The summed E-state index contributed by atoms with van der Waals surface area (Å²) in [5, 5.41) is 2.57. The van der Waals surface area contributed by atoms with Gasteiger partial charge in [-0.2, -0.15) is 0 Å². The number of carbonyl (C=O) groups excluding carboxylic acids is 2. The smallest absolute Gasteiger partial charge is 0.266 e. The van der Waals surface area contributed by atoms with E-state index in [1.54, 1.807) is 0 Å². The van der Waals surface area contributed by atoms with Gasteiger partial charge in [-0.05, 0) is 12.0 Å². The summed E-state index contributed by atoms with van der Waals surface area (Å²) in [4.78, 5) is 27.5. The van der Waals surface area contributed by atoms with Crippen LogP contribution < -0.4 is 10.8 Å². The fraction of sp³-hybridized carbons (Fsp3) is 0.333. The Balaban J connectivity index is 1.72. The normalized spacial score (nSPS) is 18.8. The molecule has 1 atom stereocenters. The topological polar surface area (TPSA) is 67.4 Å². The van der Waals surface area contributed by atoms with Crippen molar-refractivity contribution >= 4 is 11.8 Å². The first kappa shape index (κ1) is 11.6. The van der Waals surface area contributed by atoms with Crippen LogP contribution >= 0.6 is 0 Å². The maximum Gasteiger partial charge on any atom is 0.266 e. The van der Waals surface area contributed by atoms with Gasteiger partial charge < -0.3 is 5.32 Å². The molecule has 2 amide bonds. The van der Waals surface area contributed by atoms with Crippen LogP contribution in [-0.2, 0) is 21.0 Å². The molecule has 0 aromatic heterocycles. The Morgan fingerprint density at radius 3 is 2.82 bits per heavy atom. The van der Waals surface area contributed by atoms with Crippen LogP contribution in [0.15, 0.2) is 30.3 Å². The third-order valence-corrected chi connectivity index (χ3v) is 2.57. The number of rotatable bonds is 4. The first-order chi connectivity index (χ1) is 8.25. The number of carbonyl (C=O) groups is 2. The Morgan fingerprint density at radius 2 is 2.18 bits per heavy atom. The molecule has 1 unspecified atom stereocenters. The van der Waals surface area contributed by atoms with Crippen molar-refractivity contribution in [1.29, 1.82) is 0 Å². The quantitative estimate of drug-likeness (QED) is 0.746. The highest BCUT2D eigenvalue weighted by Gasteiger charge is 2.27. The molecule has 0 bridgehead atoms. The van der Waals surface area contributed by atoms with Gasteiger partial charge in [-0.1, -0.05) is 30.3 Å². The molecule has 5 heteroatoms. The molecule has 0 spiro atoms. The summed E-state index contributed by atoms with van der Waals surface area (Å²) < 4.78 is 0. The minimum atomic E-state index is -0.460. The molecule has 1 aliphatic heterocycles. The fourth-order valence-electron chi connectivity index (χ4n) is 1.65. The summed E-state index contributed by atoms with van der Waals surface area (Å²) in [6, 6.07) is 9.07. The minimum absolute atomic E-state index is 0.0896. The molecule has 0 aliphatic carbocycles. The second kappa shape index (κ2) is 5.45. The molecule has 1 aromatic rings. The Bertz CT molecular complexity index is 405. The van der Waals surface area contributed by atoms with Gasteiger partial charge in [0.05, 0.1) is 6.61 Å². The number of hydrogen-bond donors (Lipinski definition) is 2. The zero-order chi connectivity index (χ0) is 12.1. The molecule has 90 valence electrons. The van der Waals surface area contributed by atoms with E-state index in [4.69, 9.17) is 4.84 Å². The first-order valence-electron chi connectivity index (χ1n) is 5.50. The van der Waals surface area contributed by atoms with Crippen molar-refractivity contribution in [3.8, 4) is 0 Å².